The first kappa shape index (κ1) is 24.6. The summed E-state index contributed by atoms with van der Waals surface area (Å²) in [6, 6.07) is 7.94. The Labute approximate surface area is 193 Å². The minimum Gasteiger partial charge on any atom is -0.393 e. The Morgan fingerprint density at radius 3 is 2.23 bits per heavy atom. The van der Waals surface area contributed by atoms with Crippen LogP contribution >= 0.6 is 0 Å². The maximum absolute atomic E-state index is 12.6. The van der Waals surface area contributed by atoms with Crippen molar-refractivity contribution in [3.63, 3.8) is 0 Å². The molecular formula is C18H13N7O9S. The van der Waals surface area contributed by atoms with Gasteiger partial charge in [-0.15, -0.1) is 0 Å². The van der Waals surface area contributed by atoms with Crippen LogP contribution in [0.1, 0.15) is 0 Å². The van der Waals surface area contributed by atoms with Gasteiger partial charge in [0.2, 0.25) is 10.9 Å². The van der Waals surface area contributed by atoms with E-state index in [2.05, 4.69) is 21.1 Å². The highest BCUT2D eigenvalue weighted by atomic mass is 32.2. The molecule has 3 aromatic rings. The Morgan fingerprint density at radius 1 is 0.914 bits per heavy atom. The average molecular weight is 503 g/mol. The number of hydrogen-bond acceptors (Lipinski definition) is 13. The SMILES string of the molecule is Nc1cc(N/N=c2/c(=O)cc/c(=N\Nc3ccc([N+](=O)[O-])cc3S(=O)(=O)O)c2=O)ccc1[N+](=O)[O-]. The number of benzene rings is 3. The third kappa shape index (κ3) is 5.49. The van der Waals surface area contributed by atoms with Crippen LogP contribution in [0.4, 0.5) is 28.4 Å². The van der Waals surface area contributed by atoms with Crippen molar-refractivity contribution in [2.24, 2.45) is 10.2 Å². The monoisotopic (exact) mass is 503 g/mol. The zero-order chi connectivity index (χ0) is 25.9. The van der Waals surface area contributed by atoms with E-state index in [1.54, 1.807) is 0 Å². The first-order valence-electron chi connectivity index (χ1n) is 9.13. The molecule has 16 nitrogen and oxygen atoms in total. The van der Waals surface area contributed by atoms with E-state index in [0.717, 1.165) is 36.4 Å². The summed E-state index contributed by atoms with van der Waals surface area (Å²) in [5, 5.41) is 28.1. The quantitative estimate of drug-likeness (QED) is 0.141. The molecule has 35 heavy (non-hydrogen) atoms. The fourth-order valence-corrected chi connectivity index (χ4v) is 3.36. The van der Waals surface area contributed by atoms with Crippen molar-refractivity contribution < 1.29 is 22.8 Å². The summed E-state index contributed by atoms with van der Waals surface area (Å²) < 4.78 is 32.5. The van der Waals surface area contributed by atoms with Gasteiger partial charge in [0.05, 0.1) is 21.2 Å². The number of anilines is 3. The normalized spacial score (nSPS) is 12.4. The topological polar surface area (TPSA) is 250 Å². The van der Waals surface area contributed by atoms with Crippen LogP contribution in [0, 0.1) is 20.2 Å². The van der Waals surface area contributed by atoms with Crippen molar-refractivity contribution in [3.8, 4) is 0 Å². The van der Waals surface area contributed by atoms with E-state index in [1.807, 2.05) is 0 Å². The predicted molar refractivity (Wildman–Crippen MR) is 120 cm³/mol. The van der Waals surface area contributed by atoms with Gasteiger partial charge in [-0.3, -0.25) is 45.2 Å². The van der Waals surface area contributed by atoms with Crippen molar-refractivity contribution >= 4 is 38.6 Å². The molecular weight excluding hydrogens is 490 g/mol. The Hall–Kier alpha value is -5.03. The van der Waals surface area contributed by atoms with Gasteiger partial charge in [-0.25, -0.2) is 0 Å². The summed E-state index contributed by atoms with van der Waals surface area (Å²) in [6.45, 7) is 0. The van der Waals surface area contributed by atoms with Crippen LogP contribution in [0.15, 0.2) is 73.2 Å². The lowest BCUT2D eigenvalue weighted by Gasteiger charge is -2.05. The van der Waals surface area contributed by atoms with Gasteiger partial charge in [0, 0.05) is 18.2 Å². The minimum atomic E-state index is -4.91. The Morgan fingerprint density at radius 2 is 1.63 bits per heavy atom. The Kier molecular flexibility index (Phi) is 6.65. The van der Waals surface area contributed by atoms with Gasteiger partial charge in [0.15, 0.2) is 5.36 Å². The fraction of sp³-hybridized carbons (Fsp3) is 0. The summed E-state index contributed by atoms with van der Waals surface area (Å²) in [4.78, 5) is 44.0. The van der Waals surface area contributed by atoms with Crippen LogP contribution in [-0.4, -0.2) is 22.8 Å². The summed E-state index contributed by atoms with van der Waals surface area (Å²) in [5.41, 5.74) is 6.95. The molecule has 180 valence electrons. The highest BCUT2D eigenvalue weighted by Crippen LogP contribution is 2.26. The van der Waals surface area contributed by atoms with Gasteiger partial charge in [-0.05, 0) is 30.3 Å². The summed E-state index contributed by atoms with van der Waals surface area (Å²) in [5.74, 6) is 0. The minimum absolute atomic E-state index is 0.135. The molecule has 0 saturated carbocycles. The van der Waals surface area contributed by atoms with Crippen molar-refractivity contribution in [1.82, 2.24) is 0 Å². The van der Waals surface area contributed by atoms with Crippen LogP contribution in [-0.2, 0) is 10.1 Å². The average Bonchev–Trinajstić information content (AvgIpc) is 2.77. The molecule has 0 unspecified atom stereocenters. The number of nitrogens with zero attached hydrogens (tertiary/aromatic N) is 4. The van der Waals surface area contributed by atoms with Gasteiger partial charge in [-0.2, -0.15) is 18.6 Å². The Bertz CT molecular complexity index is 1690. The lowest BCUT2D eigenvalue weighted by Crippen LogP contribution is -2.48. The lowest BCUT2D eigenvalue weighted by atomic mass is 10.2. The van der Waals surface area contributed by atoms with Crippen molar-refractivity contribution in [3.05, 3.63) is 99.9 Å². The molecule has 0 bridgehead atoms. The number of rotatable bonds is 7. The molecule has 0 radical (unpaired) electrons. The largest absolute Gasteiger partial charge is 0.393 e. The van der Waals surface area contributed by atoms with E-state index in [9.17, 15) is 42.8 Å². The molecule has 0 spiro atoms. The number of nitrogens with two attached hydrogens (primary N) is 1. The second kappa shape index (κ2) is 9.45. The van der Waals surface area contributed by atoms with Crippen LogP contribution in [0.2, 0.25) is 0 Å². The van der Waals surface area contributed by atoms with E-state index in [1.165, 1.54) is 6.07 Å². The molecule has 0 aliphatic rings. The first-order chi connectivity index (χ1) is 16.4. The standard InChI is InChI=1S/C18H13N7O9S/c19-11-7-9(1-5-14(11)25(30)31)20-23-17-15(26)6-4-13(18(17)27)22-21-12-3-2-10(24(28)29)8-16(12)35(32,33)34/h1-8,20-21H,19H2,(H,32,33,34)/b22-13+,23-17-. The van der Waals surface area contributed by atoms with Gasteiger partial charge in [0.1, 0.15) is 15.9 Å². The van der Waals surface area contributed by atoms with Gasteiger partial charge < -0.3 is 5.73 Å². The molecule has 0 fully saturated rings. The fourth-order valence-electron chi connectivity index (χ4n) is 2.70. The smallest absolute Gasteiger partial charge is 0.296 e. The zero-order valence-corrected chi connectivity index (χ0v) is 17.9. The summed E-state index contributed by atoms with van der Waals surface area (Å²) in [7, 11) is -4.91. The number of nitro groups is 2. The highest BCUT2D eigenvalue weighted by Gasteiger charge is 2.20. The number of nitro benzene ring substituents is 2. The maximum atomic E-state index is 12.6. The molecule has 17 heteroatoms. The van der Waals surface area contributed by atoms with Gasteiger partial charge in [0.25, 0.3) is 21.5 Å². The van der Waals surface area contributed by atoms with Crippen molar-refractivity contribution in [1.29, 1.82) is 0 Å². The predicted octanol–water partition coefficient (Wildman–Crippen LogP) is -0.216. The number of non-ortho nitro benzene ring substituents is 1. The molecule has 3 aromatic carbocycles. The highest BCUT2D eigenvalue weighted by molar-refractivity contribution is 7.86. The number of hydrogen-bond donors (Lipinski definition) is 4. The van der Waals surface area contributed by atoms with Gasteiger partial charge >= 0.3 is 0 Å². The third-order valence-corrected chi connectivity index (χ3v) is 5.24. The van der Waals surface area contributed by atoms with Crippen LogP contribution in [0.25, 0.3) is 0 Å². The van der Waals surface area contributed by atoms with Crippen molar-refractivity contribution in [2.75, 3.05) is 16.6 Å². The van der Waals surface area contributed by atoms with E-state index < -0.39 is 52.1 Å². The Balaban J connectivity index is 2.01. The van der Waals surface area contributed by atoms with E-state index in [0.29, 0.717) is 6.07 Å². The maximum Gasteiger partial charge on any atom is 0.296 e. The lowest BCUT2D eigenvalue weighted by molar-refractivity contribution is -0.385. The third-order valence-electron chi connectivity index (χ3n) is 4.35. The number of nitrogens with one attached hydrogen (secondary N) is 2. The van der Waals surface area contributed by atoms with E-state index in [4.69, 9.17) is 5.73 Å². The van der Waals surface area contributed by atoms with Crippen LogP contribution < -0.4 is 38.2 Å². The second-order valence-electron chi connectivity index (χ2n) is 6.65. The number of nitrogen functional groups attached to an aromatic ring is 1. The van der Waals surface area contributed by atoms with Crippen molar-refractivity contribution in [2.45, 2.75) is 4.90 Å². The molecule has 0 atom stereocenters. The molecule has 0 aliphatic heterocycles. The zero-order valence-electron chi connectivity index (χ0n) is 17.1. The van der Waals surface area contributed by atoms with Crippen LogP contribution in [0.5, 0.6) is 0 Å². The molecule has 3 rings (SSSR count). The summed E-state index contributed by atoms with van der Waals surface area (Å²) >= 11 is 0. The first-order valence-corrected chi connectivity index (χ1v) is 10.6. The van der Waals surface area contributed by atoms with Crippen LogP contribution in [0.3, 0.4) is 0 Å². The molecule has 0 amide bonds. The van der Waals surface area contributed by atoms with E-state index in [-0.39, 0.29) is 22.7 Å². The second-order valence-corrected chi connectivity index (χ2v) is 8.04. The summed E-state index contributed by atoms with van der Waals surface area (Å²) in [6.07, 6.45) is 0. The molecule has 0 heterocycles. The molecule has 5 N–H and O–H groups in total. The van der Waals surface area contributed by atoms with E-state index >= 15 is 0 Å². The molecule has 0 aliphatic carbocycles. The van der Waals surface area contributed by atoms with Gasteiger partial charge in [-0.1, -0.05) is 0 Å². The molecule has 0 saturated heterocycles. The molecule has 0 aromatic heterocycles.